The Balaban J connectivity index is 4.91. The summed E-state index contributed by atoms with van der Waals surface area (Å²) in [7, 11) is -4.89. The molecule has 9 nitrogen and oxygen atoms in total. The van der Waals surface area contributed by atoms with Gasteiger partial charge in [0.15, 0.2) is 0 Å². The lowest BCUT2D eigenvalue weighted by molar-refractivity contribution is -0.556. The van der Waals surface area contributed by atoms with Gasteiger partial charge in [-0.15, -0.1) is 0 Å². The topological polar surface area (TPSA) is 133 Å². The number of hydrogen-bond acceptors (Lipinski definition) is 8. The van der Waals surface area contributed by atoms with Gasteiger partial charge in [-0.2, -0.15) is 149 Å². The summed E-state index contributed by atoms with van der Waals surface area (Å²) in [5.74, 6) is -54.5. The third-order valence-electron chi connectivity index (χ3n) is 7.31. The largest absolute Gasteiger partial charge is 0.489 e. The molecule has 4 atom stereocenters. The molecule has 0 bridgehead atoms. The zero-order valence-electron chi connectivity index (χ0n) is 29.8. The Hall–Kier alpha value is -3.91. The van der Waals surface area contributed by atoms with Crippen molar-refractivity contribution in [2.45, 2.75) is 96.8 Å². The highest BCUT2D eigenvalue weighted by Crippen LogP contribution is 2.62. The molecule has 0 saturated heterocycles. The predicted octanol–water partition coefficient (Wildman–Crippen LogP) is 8.92. The minimum atomic E-state index is -9.13. The fourth-order valence-corrected chi connectivity index (χ4v) is 4.14. The van der Waals surface area contributed by atoms with Gasteiger partial charge in [0.2, 0.25) is 5.91 Å². The number of carbonyl (C=O) groups excluding carboxylic acids is 1. The second-order valence-corrected chi connectivity index (χ2v) is 12.1. The molecule has 1 aromatic rings. The Kier molecular flexibility index (Phi) is 15.9. The van der Waals surface area contributed by atoms with E-state index in [1.165, 1.54) is 0 Å². The number of hydrogen-bond donors (Lipinski definition) is 4. The smallest absolute Gasteiger partial charge is 0.423 e. The molecule has 0 aromatic heterocycles. The summed E-state index contributed by atoms with van der Waals surface area (Å²) in [5, 5.41) is 19.7. The van der Waals surface area contributed by atoms with Gasteiger partial charge in [-0.1, -0.05) is 0 Å². The van der Waals surface area contributed by atoms with Crippen LogP contribution in [0.5, 0.6) is 0 Å². The zero-order valence-corrected chi connectivity index (χ0v) is 29.8. The van der Waals surface area contributed by atoms with Crippen molar-refractivity contribution in [2.24, 2.45) is 5.73 Å². The first-order valence-corrected chi connectivity index (χ1v) is 15.0. The molecule has 0 spiro atoms. The second-order valence-electron chi connectivity index (χ2n) is 12.1. The summed E-state index contributed by atoms with van der Waals surface area (Å²) in [6, 6.07) is -3.24. The SMILES string of the molecule is NCC(=O)Nc1cc(B(O)O)c(C(F)(OC(F)(F)C(F)(OC(F)(F)C(F)(F)C(F)(F)F)C(F)(F)F)C(F)(F)F)c(C(F)(OC(F)(F)C(F)(OC(F)(F)C(F)(F)C(F)(F)F)C(F)(F)F)C(F)(F)F)c1. The molecule has 5 N–H and O–H groups in total. The fourth-order valence-electron chi connectivity index (χ4n) is 4.14. The van der Waals surface area contributed by atoms with E-state index in [4.69, 9.17) is 0 Å². The Labute approximate surface area is 346 Å². The van der Waals surface area contributed by atoms with Gasteiger partial charge >= 0.3 is 104 Å². The average Bonchev–Trinajstić information content (AvgIpc) is 3.06. The Morgan fingerprint density at radius 2 is 0.765 bits per heavy atom. The third kappa shape index (κ3) is 10.6. The van der Waals surface area contributed by atoms with Crippen molar-refractivity contribution >= 4 is 24.2 Å². The first-order valence-electron chi connectivity index (χ1n) is 15.0. The van der Waals surface area contributed by atoms with Crippen LogP contribution in [0, 0.1) is 0 Å². The number of benzene rings is 1. The lowest BCUT2D eigenvalue weighted by Gasteiger charge is -2.43. The first kappa shape index (κ1) is 62.1. The maximum Gasteiger partial charge on any atom is 0.489 e. The standard InChI is InChI=1S/C24H9BF34N2O7/c26-9(15(34,35)36,65-23(56,57)13(32,19(46,47)48)67-21(52,53)11(28,29)17(40,41)42)5-1-4(61-7(62)3-60)2-6(25(63)64)8(5)10(27,16(37,38)39)66-24(58,59)14(33,20(49,50)51)68-22(54,55)12(30,31)18(43,44)45/h1-2,63-64H,3,60H2,(H,61,62). The van der Waals surface area contributed by atoms with Gasteiger partial charge in [0, 0.05) is 16.8 Å². The molecular weight excluding hydrogens is 1090 g/mol. The molecular formula is C24H9BF34N2O7. The third-order valence-corrected chi connectivity index (χ3v) is 7.31. The highest BCUT2D eigenvalue weighted by molar-refractivity contribution is 6.59. The maximum absolute atomic E-state index is 16.3. The minimum absolute atomic E-state index is 0.693. The average molecular weight is 1090 g/mol. The van der Waals surface area contributed by atoms with Gasteiger partial charge < -0.3 is 21.1 Å². The molecule has 0 aliphatic rings. The number of carbonyl (C=O) groups is 1. The number of rotatable bonds is 17. The van der Waals surface area contributed by atoms with Crippen LogP contribution in [-0.4, -0.2) is 115 Å². The highest BCUT2D eigenvalue weighted by atomic mass is 19.5. The normalized spacial score (nSPS) is 18.6. The van der Waals surface area contributed by atoms with Crippen LogP contribution in [0.4, 0.5) is 155 Å². The van der Waals surface area contributed by atoms with E-state index < -0.39 is 151 Å². The van der Waals surface area contributed by atoms with Gasteiger partial charge in [-0.05, 0) is 17.6 Å². The minimum Gasteiger partial charge on any atom is -0.423 e. The van der Waals surface area contributed by atoms with E-state index in [0.29, 0.717) is 5.32 Å². The number of alkyl halides is 34. The van der Waals surface area contributed by atoms with Gasteiger partial charge in [0.05, 0.1) is 6.54 Å². The summed E-state index contributed by atoms with van der Waals surface area (Å²) >= 11 is 0. The number of nitrogens with two attached hydrogens (primary N) is 1. The van der Waals surface area contributed by atoms with Crippen molar-refractivity contribution in [1.29, 1.82) is 0 Å². The summed E-state index contributed by atoms with van der Waals surface area (Å²) < 4.78 is 478. The lowest BCUT2D eigenvalue weighted by Crippen LogP contribution is -2.68. The van der Waals surface area contributed by atoms with E-state index in [0.717, 1.165) is 9.47 Å². The molecule has 398 valence electrons. The highest BCUT2D eigenvalue weighted by Gasteiger charge is 2.88. The summed E-state index contributed by atoms with van der Waals surface area (Å²) in [5.41, 5.74) is -11.6. The van der Waals surface area contributed by atoms with Crippen LogP contribution in [0.15, 0.2) is 12.1 Å². The van der Waals surface area contributed by atoms with Crippen molar-refractivity contribution < 1.29 is 183 Å². The van der Waals surface area contributed by atoms with E-state index in [-0.39, 0.29) is 0 Å². The molecule has 0 saturated carbocycles. The zero-order chi connectivity index (χ0) is 55.1. The molecule has 0 heterocycles. The number of anilines is 1. The number of amides is 1. The summed E-state index contributed by atoms with van der Waals surface area (Å²) in [6.45, 7) is -1.77. The lowest BCUT2D eigenvalue weighted by atomic mass is 9.72. The number of halogens is 34. The molecule has 1 amide bonds. The quantitative estimate of drug-likeness (QED) is 0.0899. The number of ether oxygens (including phenoxy) is 4. The van der Waals surface area contributed by atoms with Gasteiger partial charge in [0.1, 0.15) is 0 Å². The van der Waals surface area contributed by atoms with Crippen LogP contribution >= 0.6 is 0 Å². The van der Waals surface area contributed by atoms with E-state index in [1.807, 2.05) is 0 Å². The van der Waals surface area contributed by atoms with Crippen LogP contribution in [0.1, 0.15) is 11.1 Å². The fraction of sp³-hybridized carbons (Fsp3) is 0.708. The van der Waals surface area contributed by atoms with E-state index >= 15 is 8.78 Å². The molecule has 68 heavy (non-hydrogen) atoms. The molecule has 4 unspecified atom stereocenters. The van der Waals surface area contributed by atoms with Crippen molar-refractivity contribution in [1.82, 2.24) is 0 Å². The predicted molar refractivity (Wildman–Crippen MR) is 138 cm³/mol. The van der Waals surface area contributed by atoms with Crippen molar-refractivity contribution in [3.63, 3.8) is 0 Å². The van der Waals surface area contributed by atoms with Crippen LogP contribution in [-0.2, 0) is 35.5 Å². The van der Waals surface area contributed by atoms with Crippen LogP contribution < -0.4 is 16.5 Å². The monoisotopic (exact) mass is 1090 g/mol. The van der Waals surface area contributed by atoms with Crippen LogP contribution in [0.25, 0.3) is 0 Å². The Morgan fingerprint density at radius 1 is 0.456 bits per heavy atom. The molecule has 0 aliphatic carbocycles. The van der Waals surface area contributed by atoms with E-state index in [9.17, 15) is 155 Å². The van der Waals surface area contributed by atoms with Gasteiger partial charge in [0.25, 0.3) is 0 Å². The van der Waals surface area contributed by atoms with E-state index in [1.54, 1.807) is 9.47 Å². The summed E-state index contributed by atoms with van der Waals surface area (Å²) in [6.07, 6.45) is -86.8. The summed E-state index contributed by atoms with van der Waals surface area (Å²) in [4.78, 5) is 11.7. The number of nitrogens with one attached hydrogen (secondary N) is 1. The van der Waals surface area contributed by atoms with E-state index in [2.05, 4.69) is 5.73 Å². The second kappa shape index (κ2) is 17.4. The van der Waals surface area contributed by atoms with Crippen LogP contribution in [0.3, 0.4) is 0 Å². The van der Waals surface area contributed by atoms with Crippen molar-refractivity contribution in [2.75, 3.05) is 11.9 Å². The van der Waals surface area contributed by atoms with Crippen molar-refractivity contribution in [3.05, 3.63) is 23.3 Å². The molecule has 0 radical (unpaired) electrons. The maximum atomic E-state index is 16.3. The molecule has 1 aromatic carbocycles. The van der Waals surface area contributed by atoms with Gasteiger partial charge in [-0.25, -0.2) is 0 Å². The first-order chi connectivity index (χ1) is 29.2. The molecule has 44 heteroatoms. The van der Waals surface area contributed by atoms with Gasteiger partial charge in [-0.3, -0.25) is 23.7 Å². The Bertz CT molecular complexity index is 1980. The molecule has 0 aliphatic heterocycles. The molecule has 1 rings (SSSR count). The van der Waals surface area contributed by atoms with Crippen molar-refractivity contribution in [3.8, 4) is 0 Å². The van der Waals surface area contributed by atoms with Crippen LogP contribution in [0.2, 0.25) is 0 Å². The Morgan fingerprint density at radius 3 is 1.01 bits per heavy atom. The molecule has 0 fully saturated rings.